The van der Waals surface area contributed by atoms with Crippen molar-refractivity contribution in [3.8, 4) is 0 Å². The van der Waals surface area contributed by atoms with Crippen LogP contribution in [-0.2, 0) is 28.7 Å². The highest BCUT2D eigenvalue weighted by Gasteiger charge is 2.75. The number of Topliss-reactive ketones (excluding diaryl/α,β-unsaturated/α-hetero) is 1. The van der Waals surface area contributed by atoms with Gasteiger partial charge in [0.15, 0.2) is 0 Å². The molecule has 2 heterocycles. The van der Waals surface area contributed by atoms with Gasteiger partial charge in [-0.3, -0.25) is 9.59 Å². The maximum Gasteiger partial charge on any atom is 0.331 e. The first-order valence-electron chi connectivity index (χ1n) is 16.1. The Bertz CT molecular complexity index is 1210. The van der Waals surface area contributed by atoms with Crippen LogP contribution in [0, 0.1) is 56.7 Å². The van der Waals surface area contributed by atoms with Crippen molar-refractivity contribution in [2.75, 3.05) is 6.61 Å². The number of oxime groups is 1. The SMILES string of the molecule is CC(=O)O/N=C1/C(=O)[C@@]2(C)OC[C@@]13CC[C@]1(C)[C@@H](CC[C@@H]4[C@]5(C)CC[C@H](OC(C)=O)C(C)(C)[C@@H]5CC[C@@]41C)[C@H]3[C@H]2C. The van der Waals surface area contributed by atoms with Crippen LogP contribution in [0.1, 0.15) is 114 Å². The highest BCUT2D eigenvalue weighted by atomic mass is 16.7. The van der Waals surface area contributed by atoms with Gasteiger partial charge >= 0.3 is 11.9 Å². The van der Waals surface area contributed by atoms with Crippen molar-refractivity contribution in [2.24, 2.45) is 61.8 Å². The minimum atomic E-state index is -0.940. The smallest absolute Gasteiger partial charge is 0.331 e. The van der Waals surface area contributed by atoms with Gasteiger partial charge in [-0.05, 0) is 104 Å². The molecule has 0 N–H and O–H groups in total. The average Bonchev–Trinajstić information content (AvgIpc) is 2.87. The van der Waals surface area contributed by atoms with Crippen LogP contribution in [0.5, 0.6) is 0 Å². The quantitative estimate of drug-likeness (QED) is 0.214. The number of nitrogens with zero attached hydrogens (tertiary/aromatic N) is 1. The van der Waals surface area contributed by atoms with Crippen molar-refractivity contribution >= 4 is 23.4 Å². The van der Waals surface area contributed by atoms with E-state index in [1.807, 2.05) is 6.92 Å². The van der Waals surface area contributed by atoms with Gasteiger partial charge in [0.25, 0.3) is 0 Å². The molecule has 7 heteroatoms. The number of ketones is 1. The third-order valence-electron chi connectivity index (χ3n) is 14.8. The van der Waals surface area contributed by atoms with Gasteiger partial charge in [0.2, 0.25) is 5.78 Å². The summed E-state index contributed by atoms with van der Waals surface area (Å²) in [6.07, 6.45) is 8.51. The van der Waals surface area contributed by atoms with Crippen LogP contribution in [0.4, 0.5) is 0 Å². The van der Waals surface area contributed by atoms with Crippen molar-refractivity contribution in [1.29, 1.82) is 0 Å². The summed E-state index contributed by atoms with van der Waals surface area (Å²) in [5.74, 6) is 1.11. The van der Waals surface area contributed by atoms with E-state index in [1.165, 1.54) is 19.8 Å². The Kier molecular flexibility index (Phi) is 6.36. The van der Waals surface area contributed by atoms with E-state index < -0.39 is 17.0 Å². The van der Waals surface area contributed by atoms with Crippen LogP contribution < -0.4 is 0 Å². The lowest BCUT2D eigenvalue weighted by Gasteiger charge is -2.75. The van der Waals surface area contributed by atoms with Crippen LogP contribution in [0.2, 0.25) is 0 Å². The maximum absolute atomic E-state index is 13.8. The fourth-order valence-electron chi connectivity index (χ4n) is 12.5. The normalized spacial score (nSPS) is 52.5. The number of rotatable bonds is 2. The predicted molar refractivity (Wildman–Crippen MR) is 155 cm³/mol. The van der Waals surface area contributed by atoms with E-state index in [0.29, 0.717) is 30.1 Å². The number of carbonyl (C=O) groups excluding carboxylic acids is 3. The minimum Gasteiger partial charge on any atom is -0.462 e. The van der Waals surface area contributed by atoms with E-state index in [9.17, 15) is 14.4 Å². The molecule has 0 amide bonds. The van der Waals surface area contributed by atoms with Gasteiger partial charge in [-0.1, -0.05) is 46.7 Å². The van der Waals surface area contributed by atoms with E-state index in [-0.39, 0.29) is 51.4 Å². The topological polar surface area (TPSA) is 91.3 Å². The van der Waals surface area contributed by atoms with Gasteiger partial charge in [0, 0.05) is 24.7 Å². The summed E-state index contributed by atoms with van der Waals surface area (Å²) in [7, 11) is 0. The van der Waals surface area contributed by atoms with Crippen LogP contribution in [0.3, 0.4) is 0 Å². The molecule has 7 rings (SSSR count). The first kappa shape index (κ1) is 29.3. The van der Waals surface area contributed by atoms with Gasteiger partial charge < -0.3 is 14.3 Å². The monoisotopic (exact) mass is 569 g/mol. The molecular weight excluding hydrogens is 518 g/mol. The predicted octanol–water partition coefficient (Wildman–Crippen LogP) is 6.52. The van der Waals surface area contributed by atoms with Crippen molar-refractivity contribution in [2.45, 2.75) is 125 Å². The van der Waals surface area contributed by atoms with Crippen molar-refractivity contribution in [1.82, 2.24) is 0 Å². The molecule has 2 saturated heterocycles. The molecule has 2 bridgehead atoms. The van der Waals surface area contributed by atoms with Crippen LogP contribution >= 0.6 is 0 Å². The highest BCUT2D eigenvalue weighted by Crippen LogP contribution is 2.77. The van der Waals surface area contributed by atoms with E-state index in [2.05, 4.69) is 46.7 Å². The zero-order valence-corrected chi connectivity index (χ0v) is 26.7. The highest BCUT2D eigenvalue weighted by molar-refractivity contribution is 6.45. The fraction of sp³-hybridized carbons (Fsp3) is 0.882. The Morgan fingerprint density at radius 1 is 0.854 bits per heavy atom. The van der Waals surface area contributed by atoms with Crippen LogP contribution in [0.25, 0.3) is 0 Å². The summed E-state index contributed by atoms with van der Waals surface area (Å²) in [6, 6.07) is 0. The molecule has 11 atom stereocenters. The molecule has 0 radical (unpaired) electrons. The molecule has 5 saturated carbocycles. The summed E-state index contributed by atoms with van der Waals surface area (Å²) in [6.45, 7) is 19.9. The molecule has 5 aliphatic carbocycles. The first-order valence-corrected chi connectivity index (χ1v) is 16.1. The molecule has 0 aromatic rings. The van der Waals surface area contributed by atoms with E-state index >= 15 is 0 Å². The largest absolute Gasteiger partial charge is 0.462 e. The fourth-order valence-corrected chi connectivity index (χ4v) is 12.5. The number of carbonyl (C=O) groups is 3. The van der Waals surface area contributed by atoms with Crippen molar-refractivity contribution < 1.29 is 28.7 Å². The van der Waals surface area contributed by atoms with E-state index in [4.69, 9.17) is 14.3 Å². The molecule has 1 spiro atoms. The molecule has 41 heavy (non-hydrogen) atoms. The number of fused-ring (bicyclic) bond motifs is 7. The lowest BCUT2D eigenvalue weighted by Crippen LogP contribution is -2.76. The Morgan fingerprint density at radius 2 is 1.56 bits per heavy atom. The molecule has 7 fully saturated rings. The van der Waals surface area contributed by atoms with Gasteiger partial charge in [0.1, 0.15) is 17.4 Å². The Labute approximate surface area is 245 Å². The summed E-state index contributed by atoms with van der Waals surface area (Å²) < 4.78 is 12.3. The second kappa shape index (κ2) is 8.89. The second-order valence-corrected chi connectivity index (χ2v) is 16.3. The number of hydrogen-bond donors (Lipinski definition) is 0. The van der Waals surface area contributed by atoms with E-state index in [0.717, 1.165) is 38.5 Å². The lowest BCUT2D eigenvalue weighted by atomic mass is 9.30. The summed E-state index contributed by atoms with van der Waals surface area (Å²) in [4.78, 5) is 42.7. The third-order valence-corrected chi connectivity index (χ3v) is 14.8. The molecule has 228 valence electrons. The molecule has 0 aromatic heterocycles. The number of hydrogen-bond acceptors (Lipinski definition) is 7. The van der Waals surface area contributed by atoms with Crippen LogP contribution in [-0.4, -0.2) is 41.7 Å². The Hall–Kier alpha value is -1.76. The summed E-state index contributed by atoms with van der Waals surface area (Å²) >= 11 is 0. The minimum absolute atomic E-state index is 0.0178. The average molecular weight is 570 g/mol. The Morgan fingerprint density at radius 3 is 2.22 bits per heavy atom. The molecule has 0 unspecified atom stereocenters. The zero-order chi connectivity index (χ0) is 30.0. The Balaban J connectivity index is 1.38. The molecule has 0 aromatic carbocycles. The number of ether oxygens (including phenoxy) is 2. The zero-order valence-electron chi connectivity index (χ0n) is 26.7. The van der Waals surface area contributed by atoms with Crippen LogP contribution in [0.15, 0.2) is 5.16 Å². The second-order valence-electron chi connectivity index (χ2n) is 16.3. The van der Waals surface area contributed by atoms with Crippen molar-refractivity contribution in [3.63, 3.8) is 0 Å². The number of esters is 1. The van der Waals surface area contributed by atoms with Gasteiger partial charge in [0.05, 0.1) is 6.61 Å². The van der Waals surface area contributed by atoms with Gasteiger partial charge in [-0.2, -0.15) is 0 Å². The molecule has 7 nitrogen and oxygen atoms in total. The summed E-state index contributed by atoms with van der Waals surface area (Å²) in [5, 5.41) is 4.27. The van der Waals surface area contributed by atoms with Gasteiger partial charge in [-0.15, -0.1) is 0 Å². The molecule has 7 aliphatic rings. The third kappa shape index (κ3) is 3.53. The first-order chi connectivity index (χ1) is 19.0. The maximum atomic E-state index is 13.8. The standard InChI is InChI=1S/C34H51NO6/c1-19-26-22-10-11-24-30(6)14-13-25(40-20(2)36)29(4,5)23(30)12-15-32(24,8)31(22,7)16-17-34(26)18-39-33(19,9)28(38)27(34)35-41-21(3)37/h19,22-26H,10-18H2,1-9H3/b35-27-/t19-,22+,23+,24-,25+,26-,30-,31-,32+,33+,34-/m1/s1. The van der Waals surface area contributed by atoms with E-state index in [1.54, 1.807) is 6.92 Å². The summed E-state index contributed by atoms with van der Waals surface area (Å²) in [5.41, 5.74) is -0.566. The van der Waals surface area contributed by atoms with Crippen molar-refractivity contribution in [3.05, 3.63) is 0 Å². The molecule has 2 aliphatic heterocycles. The lowest BCUT2D eigenvalue weighted by molar-refractivity contribution is -0.276. The van der Waals surface area contributed by atoms with Gasteiger partial charge in [-0.25, -0.2) is 4.79 Å². The molecular formula is C34H51NO6.